The van der Waals surface area contributed by atoms with Crippen LogP contribution < -0.4 is 10.6 Å². The summed E-state index contributed by atoms with van der Waals surface area (Å²) in [5, 5.41) is 5.06. The van der Waals surface area contributed by atoms with E-state index in [9.17, 15) is 18.0 Å². The molecule has 1 amide bonds. The Morgan fingerprint density at radius 3 is 2.14 bits per heavy atom. The van der Waals surface area contributed by atoms with Crippen LogP contribution in [0.25, 0.3) is 0 Å². The number of anilines is 1. The molecule has 0 spiro atoms. The first-order chi connectivity index (χ1) is 13.8. The van der Waals surface area contributed by atoms with Crippen LogP contribution in [0.4, 0.5) is 24.8 Å². The van der Waals surface area contributed by atoms with Crippen molar-refractivity contribution in [3.8, 4) is 0 Å². The van der Waals surface area contributed by atoms with Crippen molar-refractivity contribution < 1.29 is 18.0 Å². The maximum Gasteiger partial charge on any atom is 0.257 e. The first kappa shape index (κ1) is 20.0. The number of nitrogens with zero attached hydrogens (tertiary/aromatic N) is 3. The number of hydrogen-bond donors (Lipinski definition) is 2. The lowest BCUT2D eigenvalue weighted by Gasteiger charge is -2.12. The Bertz CT molecular complexity index is 1060. The third-order valence-electron chi connectivity index (χ3n) is 3.70. The lowest BCUT2D eigenvalue weighted by Crippen LogP contribution is -2.36. The van der Waals surface area contributed by atoms with Gasteiger partial charge in [0.1, 0.15) is 17.5 Å². The third kappa shape index (κ3) is 5.38. The Kier molecular flexibility index (Phi) is 5.87. The average Bonchev–Trinajstić information content (AvgIpc) is 2.63. The molecule has 0 saturated carbocycles. The molecule has 0 aliphatic heterocycles. The van der Waals surface area contributed by atoms with Gasteiger partial charge in [0.25, 0.3) is 11.9 Å². The molecule has 0 saturated heterocycles. The number of nitrogens with one attached hydrogen (secondary N) is 2. The van der Waals surface area contributed by atoms with Crippen molar-refractivity contribution in [2.75, 3.05) is 5.32 Å². The molecule has 2 aromatic carbocycles. The zero-order valence-corrected chi connectivity index (χ0v) is 15.5. The smallest absolute Gasteiger partial charge is 0.257 e. The third-order valence-corrected chi connectivity index (χ3v) is 3.70. The molecule has 3 rings (SSSR count). The van der Waals surface area contributed by atoms with E-state index in [4.69, 9.17) is 0 Å². The maximum atomic E-state index is 14.0. The van der Waals surface area contributed by atoms with Gasteiger partial charge in [-0.15, -0.1) is 0 Å². The van der Waals surface area contributed by atoms with E-state index >= 15 is 0 Å². The van der Waals surface area contributed by atoms with Gasteiger partial charge in [-0.3, -0.25) is 10.1 Å². The Balaban J connectivity index is 1.94. The van der Waals surface area contributed by atoms with Crippen molar-refractivity contribution in [1.82, 2.24) is 15.3 Å². The van der Waals surface area contributed by atoms with E-state index in [1.54, 1.807) is 19.9 Å². The molecule has 9 heteroatoms. The van der Waals surface area contributed by atoms with Gasteiger partial charge in [-0.1, -0.05) is 0 Å². The summed E-state index contributed by atoms with van der Waals surface area (Å²) in [6, 6.07) is 9.47. The summed E-state index contributed by atoms with van der Waals surface area (Å²) in [4.78, 5) is 24.9. The molecule has 0 aliphatic rings. The Morgan fingerprint density at radius 1 is 0.897 bits per heavy atom. The van der Waals surface area contributed by atoms with Crippen LogP contribution in [0, 0.1) is 31.3 Å². The molecule has 3 aromatic rings. The average molecular weight is 399 g/mol. The normalized spacial score (nSPS) is 11.3. The van der Waals surface area contributed by atoms with Crippen LogP contribution in [0.2, 0.25) is 0 Å². The summed E-state index contributed by atoms with van der Waals surface area (Å²) >= 11 is 0. The second-order valence-corrected chi connectivity index (χ2v) is 6.12. The minimum atomic E-state index is -0.880. The van der Waals surface area contributed by atoms with Crippen LogP contribution in [0.15, 0.2) is 53.5 Å². The van der Waals surface area contributed by atoms with E-state index in [0.717, 1.165) is 24.3 Å². The molecule has 148 valence electrons. The summed E-state index contributed by atoms with van der Waals surface area (Å²) in [6.45, 7) is 3.50. The second-order valence-electron chi connectivity index (χ2n) is 6.12. The van der Waals surface area contributed by atoms with Crippen LogP contribution >= 0.6 is 0 Å². The van der Waals surface area contributed by atoms with Crippen LogP contribution in [0.1, 0.15) is 21.7 Å². The number of aliphatic imine (C=N–C) groups is 1. The molecule has 0 aliphatic carbocycles. The monoisotopic (exact) mass is 399 g/mol. The predicted molar refractivity (Wildman–Crippen MR) is 102 cm³/mol. The summed E-state index contributed by atoms with van der Waals surface area (Å²) < 4.78 is 40.3. The molecule has 0 radical (unpaired) electrons. The zero-order chi connectivity index (χ0) is 21.0. The van der Waals surface area contributed by atoms with Gasteiger partial charge in [0.2, 0.25) is 5.96 Å². The first-order valence-corrected chi connectivity index (χ1v) is 8.50. The number of carbonyl (C=O) groups is 1. The predicted octanol–water partition coefficient (Wildman–Crippen LogP) is 4.04. The molecular formula is C20H16F3N5O. The highest BCUT2D eigenvalue weighted by molar-refractivity contribution is 6.10. The largest absolute Gasteiger partial charge is 0.323 e. The van der Waals surface area contributed by atoms with E-state index in [1.165, 1.54) is 12.1 Å². The highest BCUT2D eigenvalue weighted by atomic mass is 19.1. The summed E-state index contributed by atoms with van der Waals surface area (Å²) in [5.41, 5.74) is 1.33. The number of amides is 1. The molecule has 1 heterocycles. The fourth-order valence-corrected chi connectivity index (χ4v) is 2.44. The van der Waals surface area contributed by atoms with Gasteiger partial charge in [-0.25, -0.2) is 23.1 Å². The lowest BCUT2D eigenvalue weighted by molar-refractivity contribution is 0.0977. The number of aryl methyl sites for hydroxylation is 2. The maximum absolute atomic E-state index is 14.0. The van der Waals surface area contributed by atoms with Gasteiger partial charge in [0.05, 0.1) is 5.69 Å². The van der Waals surface area contributed by atoms with E-state index in [0.29, 0.717) is 17.5 Å². The molecule has 29 heavy (non-hydrogen) atoms. The number of benzene rings is 2. The molecule has 0 bridgehead atoms. The van der Waals surface area contributed by atoms with E-state index in [2.05, 4.69) is 25.6 Å². The number of halogens is 3. The van der Waals surface area contributed by atoms with Crippen LogP contribution in [0.3, 0.4) is 0 Å². The summed E-state index contributed by atoms with van der Waals surface area (Å²) in [7, 11) is 0. The standard InChI is InChI=1S/C20H16F3N5O/c1-11-9-12(2)25-19(24-11)28-20(26-17-8-7-15(22)10-16(17)23)27-18(29)13-3-5-14(21)6-4-13/h3-10H,1-2H3,(H2,24,25,26,27,28,29). The molecule has 2 N–H and O–H groups in total. The van der Waals surface area contributed by atoms with E-state index in [-0.39, 0.29) is 23.2 Å². The summed E-state index contributed by atoms with van der Waals surface area (Å²) in [5.74, 6) is -2.90. The van der Waals surface area contributed by atoms with Crippen molar-refractivity contribution in [1.29, 1.82) is 0 Å². The number of guanidine groups is 1. The molecular weight excluding hydrogens is 383 g/mol. The molecule has 0 fully saturated rings. The van der Waals surface area contributed by atoms with Gasteiger partial charge in [0.15, 0.2) is 0 Å². The highest BCUT2D eigenvalue weighted by Crippen LogP contribution is 2.16. The Labute approximate surface area is 164 Å². The van der Waals surface area contributed by atoms with Crippen molar-refractivity contribution >= 4 is 23.5 Å². The lowest BCUT2D eigenvalue weighted by atomic mass is 10.2. The first-order valence-electron chi connectivity index (χ1n) is 8.50. The SMILES string of the molecule is Cc1cc(C)nc(N=C(NC(=O)c2ccc(F)cc2)Nc2ccc(F)cc2F)n1. The number of carbonyl (C=O) groups excluding carboxylic acids is 1. The number of hydrogen-bond acceptors (Lipinski definition) is 4. The van der Waals surface area contributed by atoms with E-state index in [1.807, 2.05) is 0 Å². The summed E-state index contributed by atoms with van der Waals surface area (Å²) in [6.07, 6.45) is 0. The van der Waals surface area contributed by atoms with Crippen molar-refractivity contribution in [3.05, 3.63) is 82.9 Å². The van der Waals surface area contributed by atoms with Gasteiger partial charge in [-0.2, -0.15) is 4.99 Å². The Morgan fingerprint density at radius 2 is 1.52 bits per heavy atom. The minimum Gasteiger partial charge on any atom is -0.323 e. The van der Waals surface area contributed by atoms with Gasteiger partial charge < -0.3 is 5.32 Å². The number of aromatic nitrogens is 2. The fourth-order valence-electron chi connectivity index (χ4n) is 2.44. The Hall–Kier alpha value is -3.75. The topological polar surface area (TPSA) is 79.3 Å². The van der Waals surface area contributed by atoms with Crippen molar-refractivity contribution in [3.63, 3.8) is 0 Å². The number of rotatable bonds is 3. The quantitative estimate of drug-likeness (QED) is 0.515. The molecule has 1 aromatic heterocycles. The van der Waals surface area contributed by atoms with Crippen molar-refractivity contribution in [2.45, 2.75) is 13.8 Å². The van der Waals surface area contributed by atoms with Gasteiger partial charge in [-0.05, 0) is 56.3 Å². The minimum absolute atomic E-state index is 0.0342. The van der Waals surface area contributed by atoms with Gasteiger partial charge >= 0.3 is 0 Å². The molecule has 0 atom stereocenters. The van der Waals surface area contributed by atoms with Gasteiger partial charge in [0, 0.05) is 23.0 Å². The van der Waals surface area contributed by atoms with Crippen LogP contribution in [0.5, 0.6) is 0 Å². The fraction of sp³-hybridized carbons (Fsp3) is 0.100. The second kappa shape index (κ2) is 8.51. The van der Waals surface area contributed by atoms with Crippen LogP contribution in [-0.4, -0.2) is 21.8 Å². The molecule has 6 nitrogen and oxygen atoms in total. The van der Waals surface area contributed by atoms with Crippen LogP contribution in [-0.2, 0) is 0 Å². The zero-order valence-electron chi connectivity index (χ0n) is 15.5. The van der Waals surface area contributed by atoms with Crippen molar-refractivity contribution in [2.24, 2.45) is 4.99 Å². The van der Waals surface area contributed by atoms with E-state index < -0.39 is 23.4 Å². The highest BCUT2D eigenvalue weighted by Gasteiger charge is 2.13. The molecule has 0 unspecified atom stereocenters.